The Kier molecular flexibility index (Phi) is 4.07. The van der Waals surface area contributed by atoms with Crippen LogP contribution >= 0.6 is 0 Å². The number of fused-ring (bicyclic) bond motifs is 1. The Labute approximate surface area is 104 Å². The van der Waals surface area contributed by atoms with Crippen LogP contribution in [0.3, 0.4) is 0 Å². The van der Waals surface area contributed by atoms with Crippen molar-refractivity contribution in [3.05, 3.63) is 42.6 Å². The highest BCUT2D eigenvalue weighted by atomic mass is 19.1. The van der Waals surface area contributed by atoms with Crippen LogP contribution in [0.4, 0.5) is 4.39 Å². The second-order valence-corrected chi connectivity index (χ2v) is 3.97. The summed E-state index contributed by atoms with van der Waals surface area (Å²) in [5.74, 6) is 0.173. The van der Waals surface area contributed by atoms with E-state index in [9.17, 15) is 4.39 Å². The molecule has 0 fully saturated rings. The van der Waals surface area contributed by atoms with Gasteiger partial charge in [0.05, 0.1) is 13.2 Å². The van der Waals surface area contributed by atoms with Crippen LogP contribution in [-0.2, 0) is 6.54 Å². The van der Waals surface area contributed by atoms with Crippen molar-refractivity contribution in [1.82, 2.24) is 9.88 Å². The second kappa shape index (κ2) is 5.75. The molecule has 1 aromatic carbocycles. The minimum atomic E-state index is -0.333. The van der Waals surface area contributed by atoms with Gasteiger partial charge < -0.3 is 9.52 Å². The van der Waals surface area contributed by atoms with E-state index in [1.165, 1.54) is 12.1 Å². The normalized spacial score (nSPS) is 11.3. The van der Waals surface area contributed by atoms with Crippen LogP contribution in [0.1, 0.15) is 5.89 Å². The van der Waals surface area contributed by atoms with E-state index in [1.807, 2.05) is 4.90 Å². The number of rotatable bonds is 6. The molecule has 2 rings (SSSR count). The lowest BCUT2D eigenvalue weighted by molar-refractivity contribution is 0.193. The zero-order chi connectivity index (χ0) is 13.0. The van der Waals surface area contributed by atoms with E-state index in [0.29, 0.717) is 36.6 Å². The molecule has 4 nitrogen and oxygen atoms in total. The first-order valence-corrected chi connectivity index (χ1v) is 5.72. The molecule has 0 aliphatic rings. The number of nitrogens with zero attached hydrogens (tertiary/aromatic N) is 2. The van der Waals surface area contributed by atoms with Gasteiger partial charge in [0.2, 0.25) is 5.89 Å². The first-order chi connectivity index (χ1) is 8.72. The van der Waals surface area contributed by atoms with E-state index in [4.69, 9.17) is 9.52 Å². The smallest absolute Gasteiger partial charge is 0.209 e. The maximum atomic E-state index is 13.0. The molecule has 0 saturated heterocycles. The van der Waals surface area contributed by atoms with E-state index >= 15 is 0 Å². The van der Waals surface area contributed by atoms with Crippen molar-refractivity contribution in [2.24, 2.45) is 0 Å². The summed E-state index contributed by atoms with van der Waals surface area (Å²) in [6, 6.07) is 4.24. The highest BCUT2D eigenvalue weighted by molar-refractivity contribution is 5.72. The van der Waals surface area contributed by atoms with Gasteiger partial charge in [0, 0.05) is 19.2 Å². The number of aliphatic hydroxyl groups excluding tert-OH is 1. The predicted octanol–water partition coefficient (Wildman–Crippen LogP) is 1.95. The lowest BCUT2D eigenvalue weighted by Crippen LogP contribution is -2.26. The van der Waals surface area contributed by atoms with Gasteiger partial charge in [-0.1, -0.05) is 6.08 Å². The predicted molar refractivity (Wildman–Crippen MR) is 66.5 cm³/mol. The van der Waals surface area contributed by atoms with E-state index in [0.717, 1.165) is 0 Å². The number of oxazole rings is 1. The molecule has 0 saturated carbocycles. The zero-order valence-corrected chi connectivity index (χ0v) is 9.97. The third kappa shape index (κ3) is 2.94. The molecule has 0 bridgehead atoms. The molecule has 18 heavy (non-hydrogen) atoms. The highest BCUT2D eigenvalue weighted by Crippen LogP contribution is 2.17. The first kappa shape index (κ1) is 12.7. The monoisotopic (exact) mass is 250 g/mol. The Morgan fingerprint density at radius 2 is 2.33 bits per heavy atom. The number of aliphatic hydroxyl groups is 1. The average Bonchev–Trinajstić information content (AvgIpc) is 2.71. The Balaban J connectivity index is 2.17. The van der Waals surface area contributed by atoms with Gasteiger partial charge in [0.15, 0.2) is 5.58 Å². The molecule has 0 unspecified atom stereocenters. The van der Waals surface area contributed by atoms with E-state index in [-0.39, 0.29) is 12.4 Å². The van der Waals surface area contributed by atoms with Gasteiger partial charge in [-0.15, -0.1) is 6.58 Å². The summed E-state index contributed by atoms with van der Waals surface area (Å²) in [5.41, 5.74) is 1.07. The largest absolute Gasteiger partial charge is 0.439 e. The van der Waals surface area contributed by atoms with Gasteiger partial charge in [-0.3, -0.25) is 4.90 Å². The first-order valence-electron chi connectivity index (χ1n) is 5.72. The van der Waals surface area contributed by atoms with E-state index in [2.05, 4.69) is 11.6 Å². The van der Waals surface area contributed by atoms with Gasteiger partial charge in [-0.05, 0) is 12.1 Å². The SMILES string of the molecule is C=CCN(CCO)Cc1nc2cc(F)ccc2o1. The topological polar surface area (TPSA) is 49.5 Å². The minimum absolute atomic E-state index is 0.0582. The third-order valence-electron chi connectivity index (χ3n) is 2.56. The summed E-state index contributed by atoms with van der Waals surface area (Å²) in [7, 11) is 0. The van der Waals surface area contributed by atoms with Gasteiger partial charge >= 0.3 is 0 Å². The molecule has 1 N–H and O–H groups in total. The summed E-state index contributed by atoms with van der Waals surface area (Å²) in [5, 5.41) is 8.94. The Morgan fingerprint density at radius 3 is 3.06 bits per heavy atom. The Morgan fingerprint density at radius 1 is 1.50 bits per heavy atom. The zero-order valence-electron chi connectivity index (χ0n) is 9.97. The Hall–Kier alpha value is -1.72. The van der Waals surface area contributed by atoms with Gasteiger partial charge in [-0.2, -0.15) is 0 Å². The van der Waals surface area contributed by atoms with Crippen molar-refractivity contribution >= 4 is 11.1 Å². The highest BCUT2D eigenvalue weighted by Gasteiger charge is 2.10. The summed E-state index contributed by atoms with van der Waals surface area (Å²) in [6.45, 7) is 5.32. The summed E-state index contributed by atoms with van der Waals surface area (Å²) >= 11 is 0. The molecule has 2 aromatic rings. The lowest BCUT2D eigenvalue weighted by atomic mass is 10.3. The Bertz CT molecular complexity index is 539. The standard InChI is InChI=1S/C13H15FN2O2/c1-2-5-16(6-7-17)9-13-15-11-8-10(14)3-4-12(11)18-13/h2-4,8,17H,1,5-7,9H2. The lowest BCUT2D eigenvalue weighted by Gasteiger charge is -2.16. The fraction of sp³-hybridized carbons (Fsp3) is 0.308. The van der Waals surface area contributed by atoms with Gasteiger partial charge in [0.1, 0.15) is 11.3 Å². The van der Waals surface area contributed by atoms with Gasteiger partial charge in [0.25, 0.3) is 0 Å². The molecule has 1 heterocycles. The van der Waals surface area contributed by atoms with Crippen LogP contribution < -0.4 is 0 Å². The average molecular weight is 250 g/mol. The number of halogens is 1. The third-order valence-corrected chi connectivity index (χ3v) is 2.56. The molecular weight excluding hydrogens is 235 g/mol. The minimum Gasteiger partial charge on any atom is -0.439 e. The molecule has 5 heteroatoms. The number of hydrogen-bond acceptors (Lipinski definition) is 4. The maximum Gasteiger partial charge on any atom is 0.209 e. The molecule has 1 aromatic heterocycles. The van der Waals surface area contributed by atoms with Gasteiger partial charge in [-0.25, -0.2) is 9.37 Å². The van der Waals surface area contributed by atoms with Crippen molar-refractivity contribution in [2.75, 3.05) is 19.7 Å². The molecule has 0 amide bonds. The van der Waals surface area contributed by atoms with Crippen molar-refractivity contribution < 1.29 is 13.9 Å². The molecule has 0 aliphatic heterocycles. The van der Waals surface area contributed by atoms with Crippen LogP contribution in [0.15, 0.2) is 35.3 Å². The van der Waals surface area contributed by atoms with Crippen molar-refractivity contribution in [3.8, 4) is 0 Å². The van der Waals surface area contributed by atoms with Crippen molar-refractivity contribution in [2.45, 2.75) is 6.54 Å². The van der Waals surface area contributed by atoms with E-state index < -0.39 is 0 Å². The van der Waals surface area contributed by atoms with Crippen LogP contribution in [0.5, 0.6) is 0 Å². The molecule has 0 aliphatic carbocycles. The van der Waals surface area contributed by atoms with Crippen LogP contribution in [-0.4, -0.2) is 34.7 Å². The summed E-state index contributed by atoms with van der Waals surface area (Å²) in [6.07, 6.45) is 1.75. The van der Waals surface area contributed by atoms with Crippen molar-refractivity contribution in [1.29, 1.82) is 0 Å². The summed E-state index contributed by atoms with van der Waals surface area (Å²) in [4.78, 5) is 6.15. The quantitative estimate of drug-likeness (QED) is 0.796. The molecule has 0 atom stereocenters. The molecular formula is C13H15FN2O2. The molecule has 0 spiro atoms. The maximum absolute atomic E-state index is 13.0. The van der Waals surface area contributed by atoms with E-state index in [1.54, 1.807) is 12.1 Å². The summed E-state index contributed by atoms with van der Waals surface area (Å²) < 4.78 is 18.5. The second-order valence-electron chi connectivity index (χ2n) is 3.97. The fourth-order valence-electron chi connectivity index (χ4n) is 1.77. The fourth-order valence-corrected chi connectivity index (χ4v) is 1.77. The van der Waals surface area contributed by atoms with Crippen LogP contribution in [0, 0.1) is 5.82 Å². The molecule has 96 valence electrons. The van der Waals surface area contributed by atoms with Crippen LogP contribution in [0.2, 0.25) is 0 Å². The van der Waals surface area contributed by atoms with Crippen molar-refractivity contribution in [3.63, 3.8) is 0 Å². The number of hydrogen-bond donors (Lipinski definition) is 1. The molecule has 0 radical (unpaired) electrons. The number of aromatic nitrogens is 1. The van der Waals surface area contributed by atoms with Crippen LogP contribution in [0.25, 0.3) is 11.1 Å². The number of benzene rings is 1.